The third-order valence-corrected chi connectivity index (χ3v) is 11.3. The highest BCUT2D eigenvalue weighted by atomic mass is 16.4. The number of benzene rings is 2. The fraction of sp³-hybridized carbons (Fsp3) is 0.571. The first kappa shape index (κ1) is 28.9. The second kappa shape index (κ2) is 11.5. The highest BCUT2D eigenvalue weighted by Crippen LogP contribution is 2.45. The van der Waals surface area contributed by atoms with Crippen molar-refractivity contribution >= 4 is 22.9 Å². The van der Waals surface area contributed by atoms with E-state index in [2.05, 4.69) is 71.0 Å². The Balaban J connectivity index is 1.17. The van der Waals surface area contributed by atoms with E-state index in [0.717, 1.165) is 37.1 Å². The molecule has 42 heavy (non-hydrogen) atoms. The van der Waals surface area contributed by atoms with Crippen LogP contribution < -0.4 is 0 Å². The molecule has 224 valence electrons. The van der Waals surface area contributed by atoms with Crippen LogP contribution in [0, 0.1) is 12.3 Å². The van der Waals surface area contributed by atoms with Gasteiger partial charge in [0.2, 0.25) is 5.91 Å². The molecular weight excluding hydrogens is 524 g/mol. The number of fused-ring (bicyclic) bond motifs is 3. The molecule has 1 amide bonds. The first-order valence-corrected chi connectivity index (χ1v) is 16.1. The topological polar surface area (TPSA) is 78.7 Å². The zero-order valence-corrected chi connectivity index (χ0v) is 25.5. The van der Waals surface area contributed by atoms with Gasteiger partial charge in [0.25, 0.3) is 0 Å². The summed E-state index contributed by atoms with van der Waals surface area (Å²) in [5, 5.41) is 9.98. The number of rotatable bonds is 9. The third kappa shape index (κ3) is 4.83. The summed E-state index contributed by atoms with van der Waals surface area (Å²) in [5.74, 6) is -0.0734. The molecule has 1 aromatic heterocycles. The Hall–Kier alpha value is -3.19. The van der Waals surface area contributed by atoms with E-state index in [9.17, 15) is 14.7 Å². The van der Waals surface area contributed by atoms with Crippen LogP contribution in [0.3, 0.4) is 0 Å². The zero-order valence-electron chi connectivity index (χ0n) is 25.5. The van der Waals surface area contributed by atoms with Crippen molar-refractivity contribution in [1.29, 1.82) is 0 Å². The Morgan fingerprint density at radius 3 is 2.17 bits per heavy atom. The molecule has 0 aliphatic carbocycles. The maximum absolute atomic E-state index is 13.5. The Labute approximate surface area is 249 Å². The number of aliphatic carboxylic acids is 1. The fourth-order valence-corrected chi connectivity index (χ4v) is 8.65. The lowest BCUT2D eigenvalue weighted by atomic mass is 9.69. The van der Waals surface area contributed by atoms with Crippen molar-refractivity contribution in [2.45, 2.75) is 102 Å². The van der Waals surface area contributed by atoms with Crippen molar-refractivity contribution in [2.75, 3.05) is 19.6 Å². The van der Waals surface area contributed by atoms with E-state index in [1.165, 1.54) is 36.8 Å². The summed E-state index contributed by atoms with van der Waals surface area (Å²) in [6.07, 6.45) is 8.33. The van der Waals surface area contributed by atoms with Crippen LogP contribution in [0.2, 0.25) is 0 Å². The van der Waals surface area contributed by atoms with E-state index >= 15 is 0 Å². The normalized spacial score (nSPS) is 24.3. The molecular formula is C35H46N4O3. The van der Waals surface area contributed by atoms with Gasteiger partial charge in [0, 0.05) is 31.2 Å². The largest absolute Gasteiger partial charge is 0.480 e. The molecule has 3 aliphatic rings. The molecule has 3 aliphatic heterocycles. The Morgan fingerprint density at radius 2 is 1.55 bits per heavy atom. The van der Waals surface area contributed by atoms with Gasteiger partial charge in [-0.1, -0.05) is 56.3 Å². The Bertz CT molecular complexity index is 1410. The number of carbonyl (C=O) groups is 2. The minimum absolute atomic E-state index is 0.00419. The average Bonchev–Trinajstić information content (AvgIpc) is 3.47. The van der Waals surface area contributed by atoms with E-state index < -0.39 is 11.4 Å². The van der Waals surface area contributed by atoms with E-state index in [1.807, 2.05) is 18.7 Å². The van der Waals surface area contributed by atoms with Gasteiger partial charge in [-0.2, -0.15) is 0 Å². The molecule has 0 saturated carbocycles. The summed E-state index contributed by atoms with van der Waals surface area (Å²) >= 11 is 0. The molecule has 1 N–H and O–H groups in total. The number of carbonyl (C=O) groups excluding carboxylic acids is 1. The van der Waals surface area contributed by atoms with Crippen LogP contribution >= 0.6 is 0 Å². The maximum atomic E-state index is 13.5. The summed E-state index contributed by atoms with van der Waals surface area (Å²) in [4.78, 5) is 35.2. The number of aryl methyl sites for hydroxylation is 1. The maximum Gasteiger partial charge on any atom is 0.319 e. The van der Waals surface area contributed by atoms with Crippen LogP contribution in [-0.4, -0.2) is 68.1 Å². The lowest BCUT2D eigenvalue weighted by Crippen LogP contribution is -2.53. The Kier molecular flexibility index (Phi) is 7.90. The van der Waals surface area contributed by atoms with Crippen molar-refractivity contribution in [3.8, 4) is 0 Å². The van der Waals surface area contributed by atoms with Crippen LogP contribution in [0.1, 0.15) is 89.1 Å². The molecule has 3 saturated heterocycles. The lowest BCUT2D eigenvalue weighted by Gasteiger charge is -2.46. The molecule has 3 atom stereocenters. The number of hydrogen-bond acceptors (Lipinski definition) is 4. The van der Waals surface area contributed by atoms with E-state index in [1.54, 1.807) is 0 Å². The first-order chi connectivity index (χ1) is 20.3. The summed E-state index contributed by atoms with van der Waals surface area (Å²) in [6, 6.07) is 21.1. The molecule has 0 radical (unpaired) electrons. The average molecular weight is 571 g/mol. The molecule has 1 unspecified atom stereocenters. The van der Waals surface area contributed by atoms with Crippen LogP contribution in [0.25, 0.3) is 11.0 Å². The Morgan fingerprint density at radius 1 is 0.929 bits per heavy atom. The first-order valence-electron chi connectivity index (χ1n) is 16.1. The second-order valence-electron chi connectivity index (χ2n) is 13.0. The quantitative estimate of drug-likeness (QED) is 0.303. The zero-order chi connectivity index (χ0) is 29.5. The minimum Gasteiger partial charge on any atom is -0.480 e. The van der Waals surface area contributed by atoms with Crippen LogP contribution in [0.15, 0.2) is 54.6 Å². The van der Waals surface area contributed by atoms with Gasteiger partial charge < -0.3 is 14.6 Å². The molecule has 4 heterocycles. The van der Waals surface area contributed by atoms with Gasteiger partial charge in [-0.05, 0) is 94.4 Å². The van der Waals surface area contributed by atoms with Gasteiger partial charge in [-0.25, -0.2) is 4.98 Å². The number of amides is 1. The number of carboxylic acid groups (broad SMARTS) is 1. The van der Waals surface area contributed by atoms with Gasteiger partial charge in [0.05, 0.1) is 11.0 Å². The van der Waals surface area contributed by atoms with E-state index in [-0.39, 0.29) is 11.3 Å². The SMILES string of the molecule is CCC(CC)(C(=O)O)C(=O)N1CCC(CCN2[C@@H]3CC[C@H]2CC(n2c(C)nc4ccccc42)C3)(c2ccccc2)CC1. The number of carboxylic acids is 1. The summed E-state index contributed by atoms with van der Waals surface area (Å²) < 4.78 is 2.50. The molecule has 7 heteroatoms. The van der Waals surface area contributed by atoms with Gasteiger partial charge in [0.15, 0.2) is 0 Å². The standard InChI is InChI=1S/C35H46N4O3/c1-4-35(5-2,33(41)42)32(40)37-20-17-34(18-21-37,26-11-7-6-8-12-26)19-22-38-27-15-16-28(38)24-29(23-27)39-25(3)36-30-13-9-10-14-31(30)39/h6-14,27-29H,4-5,15-24H2,1-3H3,(H,41,42)/t27-,28+,29?. The number of hydrogen-bond donors (Lipinski definition) is 1. The molecule has 0 spiro atoms. The number of nitrogens with zero attached hydrogens (tertiary/aromatic N) is 4. The molecule has 7 nitrogen and oxygen atoms in total. The number of imidazole rings is 1. The molecule has 6 rings (SSSR count). The van der Waals surface area contributed by atoms with Crippen LogP contribution in [0.4, 0.5) is 0 Å². The second-order valence-corrected chi connectivity index (χ2v) is 13.0. The molecule has 3 aromatic rings. The predicted molar refractivity (Wildman–Crippen MR) is 165 cm³/mol. The summed E-state index contributed by atoms with van der Waals surface area (Å²) in [6.45, 7) is 8.09. The van der Waals surface area contributed by atoms with Gasteiger partial charge in [-0.15, -0.1) is 0 Å². The van der Waals surface area contributed by atoms with Crippen molar-refractivity contribution < 1.29 is 14.7 Å². The van der Waals surface area contributed by atoms with Crippen LogP contribution in [-0.2, 0) is 15.0 Å². The predicted octanol–water partition coefficient (Wildman–Crippen LogP) is 6.35. The van der Waals surface area contributed by atoms with Gasteiger partial charge >= 0.3 is 5.97 Å². The number of aromatic nitrogens is 2. The number of para-hydroxylation sites is 2. The minimum atomic E-state index is -1.31. The van der Waals surface area contributed by atoms with Gasteiger partial charge in [0.1, 0.15) is 11.2 Å². The molecule has 3 fully saturated rings. The number of piperidine rings is 2. The smallest absolute Gasteiger partial charge is 0.319 e. The number of likely N-dealkylation sites (tertiary alicyclic amines) is 1. The van der Waals surface area contributed by atoms with Crippen molar-refractivity contribution in [1.82, 2.24) is 19.4 Å². The van der Waals surface area contributed by atoms with Crippen LogP contribution in [0.5, 0.6) is 0 Å². The van der Waals surface area contributed by atoms with E-state index in [0.29, 0.717) is 44.1 Å². The molecule has 2 aromatic carbocycles. The third-order valence-electron chi connectivity index (χ3n) is 11.3. The van der Waals surface area contributed by atoms with Crippen molar-refractivity contribution in [3.05, 3.63) is 66.0 Å². The monoisotopic (exact) mass is 570 g/mol. The molecule has 2 bridgehead atoms. The summed E-state index contributed by atoms with van der Waals surface area (Å²) in [5.41, 5.74) is 2.40. The fourth-order valence-electron chi connectivity index (χ4n) is 8.65. The van der Waals surface area contributed by atoms with Gasteiger partial charge in [-0.3, -0.25) is 14.5 Å². The highest BCUT2D eigenvalue weighted by Gasteiger charge is 2.48. The summed E-state index contributed by atoms with van der Waals surface area (Å²) in [7, 11) is 0. The highest BCUT2D eigenvalue weighted by molar-refractivity contribution is 6.01. The lowest BCUT2D eigenvalue weighted by molar-refractivity contribution is -0.162. The van der Waals surface area contributed by atoms with Crippen molar-refractivity contribution in [2.24, 2.45) is 5.41 Å². The van der Waals surface area contributed by atoms with Crippen molar-refractivity contribution in [3.63, 3.8) is 0 Å². The van der Waals surface area contributed by atoms with E-state index in [4.69, 9.17) is 4.98 Å².